The molecular weight excluding hydrogens is 250 g/mol. The molecule has 0 unspecified atom stereocenters. The lowest BCUT2D eigenvalue weighted by Gasteiger charge is -2.31. The predicted octanol–water partition coefficient (Wildman–Crippen LogP) is 2.60. The average molecular weight is 277 g/mol. The molecule has 1 N–H and O–H groups in total. The summed E-state index contributed by atoms with van der Waals surface area (Å²) < 4.78 is 5.61. The standard InChI is InChI=1S/C17H27NO2/c1-14-3-5-16(6-4-14)12-20-13-17(19)11-18-9-7-15(2)8-10-18/h3-6,15,17,19H,7-13H2,1-2H3/t17-/m0/s1. The summed E-state index contributed by atoms with van der Waals surface area (Å²) in [6, 6.07) is 8.33. The molecule has 1 atom stereocenters. The molecule has 1 heterocycles. The lowest BCUT2D eigenvalue weighted by atomic mass is 9.99. The molecule has 1 aliphatic heterocycles. The van der Waals surface area contributed by atoms with Crippen molar-refractivity contribution in [3.05, 3.63) is 35.4 Å². The van der Waals surface area contributed by atoms with Crippen LogP contribution in [0.4, 0.5) is 0 Å². The van der Waals surface area contributed by atoms with Crippen molar-refractivity contribution in [2.45, 2.75) is 39.4 Å². The molecule has 1 fully saturated rings. The highest BCUT2D eigenvalue weighted by molar-refractivity contribution is 5.20. The third kappa shape index (κ3) is 5.23. The highest BCUT2D eigenvalue weighted by atomic mass is 16.5. The van der Waals surface area contributed by atoms with E-state index in [0.29, 0.717) is 13.2 Å². The predicted molar refractivity (Wildman–Crippen MR) is 81.7 cm³/mol. The summed E-state index contributed by atoms with van der Waals surface area (Å²) in [5.41, 5.74) is 2.42. The molecule has 112 valence electrons. The number of benzene rings is 1. The molecule has 0 amide bonds. The number of hydrogen-bond acceptors (Lipinski definition) is 3. The van der Waals surface area contributed by atoms with Gasteiger partial charge < -0.3 is 14.7 Å². The first kappa shape index (κ1) is 15.5. The lowest BCUT2D eigenvalue weighted by Crippen LogP contribution is -2.39. The summed E-state index contributed by atoms with van der Waals surface area (Å²) in [5, 5.41) is 10.0. The molecule has 0 radical (unpaired) electrons. The van der Waals surface area contributed by atoms with Crippen molar-refractivity contribution < 1.29 is 9.84 Å². The Morgan fingerprint density at radius 3 is 2.55 bits per heavy atom. The van der Waals surface area contributed by atoms with Crippen LogP contribution in [0.3, 0.4) is 0 Å². The quantitative estimate of drug-likeness (QED) is 0.867. The average Bonchev–Trinajstić information content (AvgIpc) is 2.44. The third-order valence-corrected chi connectivity index (χ3v) is 4.04. The molecular formula is C17H27NO2. The van der Waals surface area contributed by atoms with Crippen LogP contribution in [0, 0.1) is 12.8 Å². The molecule has 3 nitrogen and oxygen atoms in total. The number of aliphatic hydroxyl groups excluding tert-OH is 1. The van der Waals surface area contributed by atoms with Gasteiger partial charge in [0.15, 0.2) is 0 Å². The van der Waals surface area contributed by atoms with Gasteiger partial charge in [-0.2, -0.15) is 0 Å². The molecule has 1 saturated heterocycles. The first-order valence-electron chi connectivity index (χ1n) is 7.67. The monoisotopic (exact) mass is 277 g/mol. The number of nitrogens with zero attached hydrogens (tertiary/aromatic N) is 1. The Balaban J connectivity index is 1.62. The van der Waals surface area contributed by atoms with E-state index < -0.39 is 0 Å². The number of rotatable bonds is 6. The van der Waals surface area contributed by atoms with Crippen LogP contribution in [-0.2, 0) is 11.3 Å². The molecule has 1 aromatic rings. The highest BCUT2D eigenvalue weighted by Gasteiger charge is 2.18. The van der Waals surface area contributed by atoms with Gasteiger partial charge in [0.1, 0.15) is 0 Å². The van der Waals surface area contributed by atoms with E-state index in [1.807, 2.05) is 0 Å². The maximum absolute atomic E-state index is 10.0. The van der Waals surface area contributed by atoms with E-state index in [1.54, 1.807) is 0 Å². The zero-order valence-corrected chi connectivity index (χ0v) is 12.7. The van der Waals surface area contributed by atoms with Gasteiger partial charge >= 0.3 is 0 Å². The Labute approximate surface area is 122 Å². The van der Waals surface area contributed by atoms with Gasteiger partial charge in [-0.05, 0) is 44.3 Å². The maximum atomic E-state index is 10.0. The van der Waals surface area contributed by atoms with Crippen LogP contribution in [-0.4, -0.2) is 42.4 Å². The Morgan fingerprint density at radius 1 is 1.25 bits per heavy atom. The first-order chi connectivity index (χ1) is 9.63. The fraction of sp³-hybridized carbons (Fsp3) is 0.647. The number of likely N-dealkylation sites (tertiary alicyclic amines) is 1. The van der Waals surface area contributed by atoms with E-state index in [2.05, 4.69) is 43.0 Å². The summed E-state index contributed by atoms with van der Waals surface area (Å²) in [5.74, 6) is 0.834. The number of piperidine rings is 1. The summed E-state index contributed by atoms with van der Waals surface area (Å²) >= 11 is 0. The molecule has 0 spiro atoms. The number of ether oxygens (including phenoxy) is 1. The van der Waals surface area contributed by atoms with Gasteiger partial charge in [0, 0.05) is 6.54 Å². The molecule has 0 aromatic heterocycles. The normalized spacial score (nSPS) is 19.1. The van der Waals surface area contributed by atoms with Gasteiger partial charge in [-0.25, -0.2) is 0 Å². The molecule has 1 aromatic carbocycles. The fourth-order valence-electron chi connectivity index (χ4n) is 2.59. The SMILES string of the molecule is Cc1ccc(COC[C@@H](O)CN2CCC(C)CC2)cc1. The lowest BCUT2D eigenvalue weighted by molar-refractivity contribution is 0.00496. The largest absolute Gasteiger partial charge is 0.389 e. The molecule has 1 aliphatic rings. The highest BCUT2D eigenvalue weighted by Crippen LogP contribution is 2.16. The van der Waals surface area contributed by atoms with Crippen molar-refractivity contribution in [3.8, 4) is 0 Å². The van der Waals surface area contributed by atoms with E-state index >= 15 is 0 Å². The van der Waals surface area contributed by atoms with Gasteiger partial charge in [-0.1, -0.05) is 36.8 Å². The van der Waals surface area contributed by atoms with Gasteiger partial charge in [-0.3, -0.25) is 0 Å². The van der Waals surface area contributed by atoms with Crippen LogP contribution >= 0.6 is 0 Å². The van der Waals surface area contributed by atoms with Crippen LogP contribution in [0.25, 0.3) is 0 Å². The summed E-state index contributed by atoms with van der Waals surface area (Å²) in [7, 11) is 0. The van der Waals surface area contributed by atoms with Gasteiger partial charge in [0.2, 0.25) is 0 Å². The van der Waals surface area contributed by atoms with E-state index in [-0.39, 0.29) is 6.10 Å². The summed E-state index contributed by atoms with van der Waals surface area (Å²) in [6.07, 6.45) is 2.11. The van der Waals surface area contributed by atoms with E-state index in [9.17, 15) is 5.11 Å². The van der Waals surface area contributed by atoms with Crippen molar-refractivity contribution in [1.29, 1.82) is 0 Å². The zero-order chi connectivity index (χ0) is 14.4. The van der Waals surface area contributed by atoms with Crippen molar-refractivity contribution in [3.63, 3.8) is 0 Å². The second kappa shape index (κ2) is 7.77. The Hall–Kier alpha value is -0.900. The van der Waals surface area contributed by atoms with Crippen molar-refractivity contribution >= 4 is 0 Å². The third-order valence-electron chi connectivity index (χ3n) is 4.04. The second-order valence-corrected chi connectivity index (χ2v) is 6.14. The van der Waals surface area contributed by atoms with E-state index in [1.165, 1.54) is 18.4 Å². The molecule has 20 heavy (non-hydrogen) atoms. The van der Waals surface area contributed by atoms with Crippen LogP contribution < -0.4 is 0 Å². The summed E-state index contributed by atoms with van der Waals surface area (Å²) in [4.78, 5) is 2.35. The van der Waals surface area contributed by atoms with Crippen LogP contribution in [0.5, 0.6) is 0 Å². The van der Waals surface area contributed by atoms with Crippen LogP contribution in [0.15, 0.2) is 24.3 Å². The fourth-order valence-corrected chi connectivity index (χ4v) is 2.59. The summed E-state index contributed by atoms with van der Waals surface area (Å²) in [6.45, 7) is 8.33. The van der Waals surface area contributed by atoms with Crippen molar-refractivity contribution in [2.75, 3.05) is 26.2 Å². The van der Waals surface area contributed by atoms with Crippen LogP contribution in [0.2, 0.25) is 0 Å². The zero-order valence-electron chi connectivity index (χ0n) is 12.7. The smallest absolute Gasteiger partial charge is 0.0900 e. The molecule has 0 aliphatic carbocycles. The number of aliphatic hydroxyl groups is 1. The molecule has 2 rings (SSSR count). The van der Waals surface area contributed by atoms with Crippen molar-refractivity contribution in [2.24, 2.45) is 5.92 Å². The van der Waals surface area contributed by atoms with E-state index in [0.717, 1.165) is 31.1 Å². The van der Waals surface area contributed by atoms with Gasteiger partial charge in [0.05, 0.1) is 19.3 Å². The van der Waals surface area contributed by atoms with Crippen LogP contribution in [0.1, 0.15) is 30.9 Å². The number of hydrogen-bond donors (Lipinski definition) is 1. The number of aryl methyl sites for hydroxylation is 1. The molecule has 0 saturated carbocycles. The van der Waals surface area contributed by atoms with Crippen molar-refractivity contribution in [1.82, 2.24) is 4.90 Å². The first-order valence-corrected chi connectivity index (χ1v) is 7.67. The minimum Gasteiger partial charge on any atom is -0.389 e. The minimum absolute atomic E-state index is 0.381. The molecule has 3 heteroatoms. The Bertz CT molecular complexity index is 382. The molecule has 0 bridgehead atoms. The van der Waals surface area contributed by atoms with Gasteiger partial charge in [0.25, 0.3) is 0 Å². The minimum atomic E-state index is -0.381. The van der Waals surface area contributed by atoms with E-state index in [4.69, 9.17) is 4.74 Å². The Morgan fingerprint density at radius 2 is 1.90 bits per heavy atom. The maximum Gasteiger partial charge on any atom is 0.0900 e. The topological polar surface area (TPSA) is 32.7 Å². The second-order valence-electron chi connectivity index (χ2n) is 6.14. The van der Waals surface area contributed by atoms with Gasteiger partial charge in [-0.15, -0.1) is 0 Å². The Kier molecular flexibility index (Phi) is 6.02. The number of β-amino-alcohol motifs (C(OH)–C–C–N with tert-alkyl or cyclic N) is 1.